The van der Waals surface area contributed by atoms with Crippen molar-refractivity contribution in [3.63, 3.8) is 0 Å². The van der Waals surface area contributed by atoms with Crippen LogP contribution in [0.15, 0.2) is 17.6 Å². The van der Waals surface area contributed by atoms with Crippen LogP contribution < -0.4 is 0 Å². The third-order valence-electron chi connectivity index (χ3n) is 3.96. The number of hydrogen-bond acceptors (Lipinski definition) is 5. The second kappa shape index (κ2) is 8.38. The number of nitrogens with zero attached hydrogens (tertiary/aromatic N) is 2. The van der Waals surface area contributed by atoms with Crippen molar-refractivity contribution >= 4 is 23.5 Å². The summed E-state index contributed by atoms with van der Waals surface area (Å²) >= 11 is 1.43. The minimum Gasteiger partial charge on any atom is -0.462 e. The van der Waals surface area contributed by atoms with Crippen molar-refractivity contribution in [2.24, 2.45) is 0 Å². The van der Waals surface area contributed by atoms with Gasteiger partial charge in [0.05, 0.1) is 23.1 Å². The lowest BCUT2D eigenvalue weighted by Crippen LogP contribution is -2.16. The van der Waals surface area contributed by atoms with Gasteiger partial charge in [-0.05, 0) is 39.7 Å². The molecule has 0 aliphatic rings. The van der Waals surface area contributed by atoms with Crippen molar-refractivity contribution < 1.29 is 14.3 Å². The van der Waals surface area contributed by atoms with Crippen LogP contribution in [0.2, 0.25) is 0 Å². The topological polar surface area (TPSA) is 77.0 Å². The van der Waals surface area contributed by atoms with Gasteiger partial charge < -0.3 is 14.3 Å². The fourth-order valence-corrected chi connectivity index (χ4v) is 3.70. The molecule has 0 aliphatic carbocycles. The summed E-state index contributed by atoms with van der Waals surface area (Å²) in [6.45, 7) is 10.5. The van der Waals surface area contributed by atoms with E-state index in [4.69, 9.17) is 4.74 Å². The third-order valence-corrected chi connectivity index (χ3v) is 5.08. The van der Waals surface area contributed by atoms with Crippen LogP contribution in [-0.4, -0.2) is 38.1 Å². The Morgan fingerprint density at radius 1 is 1.36 bits per heavy atom. The zero-order chi connectivity index (χ0) is 18.6. The van der Waals surface area contributed by atoms with E-state index in [0.717, 1.165) is 18.1 Å². The number of ketones is 1. The normalized spacial score (nSPS) is 12.2. The Labute approximate surface area is 152 Å². The summed E-state index contributed by atoms with van der Waals surface area (Å²) < 4.78 is 7.13. The first-order valence-electron chi connectivity index (χ1n) is 8.48. The smallest absolute Gasteiger partial charge is 0.340 e. The van der Waals surface area contributed by atoms with Crippen LogP contribution in [0.3, 0.4) is 0 Å². The Morgan fingerprint density at radius 3 is 2.72 bits per heavy atom. The van der Waals surface area contributed by atoms with E-state index in [0.29, 0.717) is 29.1 Å². The highest BCUT2D eigenvalue weighted by atomic mass is 32.2. The molecule has 0 bridgehead atoms. The summed E-state index contributed by atoms with van der Waals surface area (Å²) in [4.78, 5) is 32.4. The molecule has 0 saturated carbocycles. The fraction of sp³-hybridized carbons (Fsp3) is 0.500. The minimum atomic E-state index is -0.397. The highest BCUT2D eigenvalue weighted by Crippen LogP contribution is 2.27. The van der Waals surface area contributed by atoms with Gasteiger partial charge in [-0.25, -0.2) is 9.78 Å². The largest absolute Gasteiger partial charge is 0.462 e. The molecule has 0 amide bonds. The highest BCUT2D eigenvalue weighted by molar-refractivity contribution is 8.00. The van der Waals surface area contributed by atoms with Crippen molar-refractivity contribution in [2.75, 3.05) is 6.61 Å². The van der Waals surface area contributed by atoms with E-state index in [2.05, 4.69) is 16.9 Å². The molecule has 0 aromatic carbocycles. The third kappa shape index (κ3) is 4.15. The molecule has 136 valence electrons. The van der Waals surface area contributed by atoms with E-state index in [1.807, 2.05) is 17.7 Å². The molecule has 1 atom stereocenters. The quantitative estimate of drug-likeness (QED) is 0.439. The van der Waals surface area contributed by atoms with Crippen molar-refractivity contribution in [3.8, 4) is 0 Å². The monoisotopic (exact) mass is 363 g/mol. The van der Waals surface area contributed by atoms with Gasteiger partial charge in [0.25, 0.3) is 0 Å². The summed E-state index contributed by atoms with van der Waals surface area (Å²) in [5, 5.41) is 0.513. The second-order valence-corrected chi connectivity index (χ2v) is 7.18. The van der Waals surface area contributed by atoms with Crippen LogP contribution >= 0.6 is 11.8 Å². The van der Waals surface area contributed by atoms with E-state index < -0.39 is 5.97 Å². The Hall–Kier alpha value is -2.02. The molecule has 1 N–H and O–H groups in total. The molecule has 0 aliphatic heterocycles. The summed E-state index contributed by atoms with van der Waals surface area (Å²) in [6, 6.07) is 0. The maximum Gasteiger partial charge on any atom is 0.340 e. The molecule has 0 fully saturated rings. The number of esters is 1. The van der Waals surface area contributed by atoms with Crippen molar-refractivity contribution in [3.05, 3.63) is 34.9 Å². The molecule has 0 radical (unpaired) electrons. The van der Waals surface area contributed by atoms with E-state index >= 15 is 0 Å². The number of imidazole rings is 1. The SMILES string of the molecule is CCCn1ccnc1SC(C)C(=O)c1[nH]c(C)c(C(=O)OCC)c1C. The van der Waals surface area contributed by atoms with Crippen LogP contribution in [0.4, 0.5) is 0 Å². The van der Waals surface area contributed by atoms with Gasteiger partial charge in [-0.2, -0.15) is 0 Å². The summed E-state index contributed by atoms with van der Waals surface area (Å²) in [7, 11) is 0. The average molecular weight is 363 g/mol. The number of hydrogen-bond donors (Lipinski definition) is 1. The molecule has 1 unspecified atom stereocenters. The van der Waals surface area contributed by atoms with Gasteiger partial charge in [0.2, 0.25) is 0 Å². The van der Waals surface area contributed by atoms with Gasteiger partial charge in [-0.15, -0.1) is 0 Å². The Balaban J connectivity index is 2.21. The van der Waals surface area contributed by atoms with Crippen LogP contribution in [0, 0.1) is 13.8 Å². The van der Waals surface area contributed by atoms with Gasteiger partial charge in [0.15, 0.2) is 10.9 Å². The van der Waals surface area contributed by atoms with Gasteiger partial charge in [0, 0.05) is 24.6 Å². The number of ether oxygens (including phenoxy) is 1. The lowest BCUT2D eigenvalue weighted by molar-refractivity contribution is 0.0525. The van der Waals surface area contributed by atoms with Gasteiger partial charge in [-0.1, -0.05) is 18.7 Å². The number of H-pyrrole nitrogens is 1. The van der Waals surface area contributed by atoms with Crippen molar-refractivity contribution in [1.29, 1.82) is 0 Å². The van der Waals surface area contributed by atoms with E-state index in [-0.39, 0.29) is 11.0 Å². The molecule has 0 saturated heterocycles. The van der Waals surface area contributed by atoms with E-state index in [1.165, 1.54) is 11.8 Å². The fourth-order valence-electron chi connectivity index (χ4n) is 2.75. The molecule has 7 heteroatoms. The standard InChI is InChI=1S/C18H25N3O3S/c1-6-9-21-10-8-19-18(21)25-13(5)16(22)15-11(3)14(12(4)20-15)17(23)24-7-2/h8,10,13,20H,6-7,9H2,1-5H3. The summed E-state index contributed by atoms with van der Waals surface area (Å²) in [5.41, 5.74) is 2.22. The Morgan fingerprint density at radius 2 is 2.08 bits per heavy atom. The lowest BCUT2D eigenvalue weighted by Gasteiger charge is -2.11. The number of Topliss-reactive ketones (excluding diaryl/α,β-unsaturated/α-hetero) is 1. The number of carbonyl (C=O) groups excluding carboxylic acids is 2. The Kier molecular flexibility index (Phi) is 6.47. The van der Waals surface area contributed by atoms with E-state index in [9.17, 15) is 9.59 Å². The highest BCUT2D eigenvalue weighted by Gasteiger charge is 2.26. The van der Waals surface area contributed by atoms with Gasteiger partial charge in [0.1, 0.15) is 0 Å². The van der Waals surface area contributed by atoms with Crippen LogP contribution in [0.25, 0.3) is 0 Å². The molecule has 2 aromatic heterocycles. The lowest BCUT2D eigenvalue weighted by atomic mass is 10.1. The van der Waals surface area contributed by atoms with Crippen molar-refractivity contribution in [2.45, 2.75) is 58.0 Å². The first kappa shape index (κ1) is 19.3. The molecule has 25 heavy (non-hydrogen) atoms. The van der Waals surface area contributed by atoms with Gasteiger partial charge >= 0.3 is 5.97 Å². The predicted molar refractivity (Wildman–Crippen MR) is 98.4 cm³/mol. The molecule has 6 nitrogen and oxygen atoms in total. The molecular formula is C18H25N3O3S. The first-order chi connectivity index (χ1) is 11.9. The predicted octanol–water partition coefficient (Wildman–Crippen LogP) is 3.78. The molecular weight excluding hydrogens is 338 g/mol. The molecule has 0 spiro atoms. The Bertz CT molecular complexity index is 764. The average Bonchev–Trinajstić information content (AvgIpc) is 3.11. The van der Waals surface area contributed by atoms with Crippen LogP contribution in [0.5, 0.6) is 0 Å². The van der Waals surface area contributed by atoms with Crippen molar-refractivity contribution in [1.82, 2.24) is 14.5 Å². The molecule has 2 heterocycles. The number of nitrogens with one attached hydrogen (secondary N) is 1. The number of aromatic nitrogens is 3. The summed E-state index contributed by atoms with van der Waals surface area (Å²) in [5.74, 6) is -0.446. The maximum atomic E-state index is 12.9. The number of aryl methyl sites for hydroxylation is 2. The summed E-state index contributed by atoms with van der Waals surface area (Å²) in [6.07, 6.45) is 4.67. The molecule has 2 aromatic rings. The van der Waals surface area contributed by atoms with E-state index in [1.54, 1.807) is 27.0 Å². The van der Waals surface area contributed by atoms with Crippen LogP contribution in [-0.2, 0) is 11.3 Å². The zero-order valence-electron chi connectivity index (χ0n) is 15.4. The first-order valence-corrected chi connectivity index (χ1v) is 9.36. The van der Waals surface area contributed by atoms with Gasteiger partial charge in [-0.3, -0.25) is 4.79 Å². The molecule has 2 rings (SSSR count). The number of carbonyl (C=O) groups is 2. The maximum absolute atomic E-state index is 12.9. The van der Waals surface area contributed by atoms with Crippen LogP contribution in [0.1, 0.15) is 59.3 Å². The number of rotatable bonds is 8. The number of thioether (sulfide) groups is 1. The minimum absolute atomic E-state index is 0.0489. The second-order valence-electron chi connectivity index (χ2n) is 5.87. The number of aromatic amines is 1. The zero-order valence-corrected chi connectivity index (χ0v) is 16.2.